The summed E-state index contributed by atoms with van der Waals surface area (Å²) < 4.78 is 7.52. The molecule has 0 aliphatic carbocycles. The van der Waals surface area contributed by atoms with E-state index in [1.54, 1.807) is 18.5 Å². The van der Waals surface area contributed by atoms with Gasteiger partial charge in [-0.3, -0.25) is 4.79 Å². The fourth-order valence-corrected chi connectivity index (χ4v) is 4.24. The number of anilines is 1. The molecule has 0 spiro atoms. The van der Waals surface area contributed by atoms with Crippen molar-refractivity contribution in [3.8, 4) is 28.4 Å². The minimum Gasteiger partial charge on any atom is -0.494 e. The zero-order valence-corrected chi connectivity index (χ0v) is 19.7. The number of imidazole rings is 1. The van der Waals surface area contributed by atoms with Crippen molar-refractivity contribution in [1.82, 2.24) is 24.4 Å². The standard InChI is InChI=1S/C27H28N6O2/c1-2-35-23-11-9-21(10-12-23)24-19-33(26(30-24)22-7-4-3-5-8-22)20-25(34)31-15-17-32(18-16-31)27-28-13-6-14-29-27/h3-14,19H,2,15-18,20H2,1H3. The van der Waals surface area contributed by atoms with Gasteiger partial charge in [0, 0.05) is 55.9 Å². The van der Waals surface area contributed by atoms with Crippen molar-refractivity contribution in [2.75, 3.05) is 37.7 Å². The van der Waals surface area contributed by atoms with Gasteiger partial charge in [0.2, 0.25) is 11.9 Å². The Hall–Kier alpha value is -4.20. The van der Waals surface area contributed by atoms with E-state index in [0.717, 1.165) is 28.4 Å². The highest BCUT2D eigenvalue weighted by Gasteiger charge is 2.24. The second kappa shape index (κ2) is 10.4. The summed E-state index contributed by atoms with van der Waals surface area (Å²) in [6.45, 7) is 5.52. The molecule has 2 aromatic carbocycles. The number of piperazine rings is 1. The Morgan fingerprint density at radius 1 is 0.886 bits per heavy atom. The molecule has 0 atom stereocenters. The van der Waals surface area contributed by atoms with Crippen LogP contribution < -0.4 is 9.64 Å². The first-order valence-corrected chi connectivity index (χ1v) is 11.9. The van der Waals surface area contributed by atoms with Crippen LogP contribution in [0.1, 0.15) is 6.92 Å². The highest BCUT2D eigenvalue weighted by Crippen LogP contribution is 2.27. The van der Waals surface area contributed by atoms with Gasteiger partial charge in [-0.2, -0.15) is 0 Å². The number of nitrogens with zero attached hydrogens (tertiary/aromatic N) is 6. The zero-order valence-electron chi connectivity index (χ0n) is 19.7. The first kappa shape index (κ1) is 22.6. The van der Waals surface area contributed by atoms with Crippen molar-refractivity contribution in [3.05, 3.63) is 79.3 Å². The van der Waals surface area contributed by atoms with E-state index in [1.165, 1.54) is 0 Å². The van der Waals surface area contributed by atoms with Gasteiger partial charge >= 0.3 is 0 Å². The summed E-state index contributed by atoms with van der Waals surface area (Å²) in [4.78, 5) is 30.8. The highest BCUT2D eigenvalue weighted by atomic mass is 16.5. The lowest BCUT2D eigenvalue weighted by Crippen LogP contribution is -2.50. The molecule has 35 heavy (non-hydrogen) atoms. The Labute approximate surface area is 204 Å². The van der Waals surface area contributed by atoms with Gasteiger partial charge in [0.25, 0.3) is 0 Å². The van der Waals surface area contributed by atoms with Gasteiger partial charge in [-0.1, -0.05) is 30.3 Å². The van der Waals surface area contributed by atoms with Gasteiger partial charge in [0.1, 0.15) is 18.1 Å². The molecule has 1 saturated heterocycles. The summed E-state index contributed by atoms with van der Waals surface area (Å²) in [5.41, 5.74) is 2.78. The summed E-state index contributed by atoms with van der Waals surface area (Å²) in [5.74, 6) is 2.39. The summed E-state index contributed by atoms with van der Waals surface area (Å²) in [6, 6.07) is 19.7. The third-order valence-electron chi connectivity index (χ3n) is 6.04. The van der Waals surface area contributed by atoms with E-state index in [4.69, 9.17) is 9.72 Å². The predicted molar refractivity (Wildman–Crippen MR) is 135 cm³/mol. The molecule has 8 nitrogen and oxygen atoms in total. The number of ether oxygens (including phenoxy) is 1. The van der Waals surface area contributed by atoms with Gasteiger partial charge < -0.3 is 19.1 Å². The second-order valence-electron chi connectivity index (χ2n) is 8.32. The number of benzene rings is 2. The van der Waals surface area contributed by atoms with Crippen LogP contribution in [-0.4, -0.2) is 63.1 Å². The average molecular weight is 469 g/mol. The topological polar surface area (TPSA) is 76.4 Å². The quantitative estimate of drug-likeness (QED) is 0.411. The molecule has 8 heteroatoms. The van der Waals surface area contributed by atoms with E-state index >= 15 is 0 Å². The summed E-state index contributed by atoms with van der Waals surface area (Å²) in [5, 5.41) is 0. The van der Waals surface area contributed by atoms with Gasteiger partial charge in [-0.25, -0.2) is 15.0 Å². The van der Waals surface area contributed by atoms with Crippen LogP contribution in [0.25, 0.3) is 22.6 Å². The zero-order chi connectivity index (χ0) is 24.0. The van der Waals surface area contributed by atoms with E-state index in [-0.39, 0.29) is 12.5 Å². The molecule has 2 aromatic heterocycles. The molecule has 1 amide bonds. The second-order valence-corrected chi connectivity index (χ2v) is 8.32. The number of rotatable bonds is 7. The Balaban J connectivity index is 1.34. The van der Waals surface area contributed by atoms with Crippen molar-refractivity contribution < 1.29 is 9.53 Å². The maximum atomic E-state index is 13.3. The average Bonchev–Trinajstić information content (AvgIpc) is 3.34. The van der Waals surface area contributed by atoms with Crippen LogP contribution in [-0.2, 0) is 11.3 Å². The van der Waals surface area contributed by atoms with Crippen molar-refractivity contribution in [2.45, 2.75) is 13.5 Å². The Bertz CT molecular complexity index is 1250. The number of aromatic nitrogens is 4. The molecule has 0 bridgehead atoms. The normalized spacial score (nSPS) is 13.6. The third kappa shape index (κ3) is 5.16. The van der Waals surface area contributed by atoms with Crippen LogP contribution >= 0.6 is 0 Å². The van der Waals surface area contributed by atoms with Crippen LogP contribution in [0, 0.1) is 0 Å². The Morgan fingerprint density at radius 2 is 1.60 bits per heavy atom. The molecule has 4 aromatic rings. The van der Waals surface area contributed by atoms with Crippen molar-refractivity contribution in [1.29, 1.82) is 0 Å². The van der Waals surface area contributed by atoms with E-state index in [2.05, 4.69) is 14.9 Å². The molecular formula is C27H28N6O2. The summed E-state index contributed by atoms with van der Waals surface area (Å²) in [6.07, 6.45) is 5.45. The SMILES string of the molecule is CCOc1ccc(-c2cn(CC(=O)N3CCN(c4ncccn4)CC3)c(-c3ccccc3)n2)cc1. The lowest BCUT2D eigenvalue weighted by atomic mass is 10.1. The minimum absolute atomic E-state index is 0.0754. The van der Waals surface area contributed by atoms with E-state index in [9.17, 15) is 4.79 Å². The molecule has 0 radical (unpaired) electrons. The molecule has 5 rings (SSSR count). The Kier molecular flexibility index (Phi) is 6.70. The van der Waals surface area contributed by atoms with Crippen molar-refractivity contribution in [2.24, 2.45) is 0 Å². The number of hydrogen-bond donors (Lipinski definition) is 0. The van der Waals surface area contributed by atoms with Crippen LogP contribution in [0.3, 0.4) is 0 Å². The van der Waals surface area contributed by atoms with Gasteiger partial charge in [0.05, 0.1) is 12.3 Å². The lowest BCUT2D eigenvalue weighted by molar-refractivity contribution is -0.132. The molecule has 3 heterocycles. The van der Waals surface area contributed by atoms with E-state index < -0.39 is 0 Å². The third-order valence-corrected chi connectivity index (χ3v) is 6.04. The number of carbonyl (C=O) groups is 1. The van der Waals surface area contributed by atoms with Gasteiger partial charge in [-0.05, 0) is 37.3 Å². The van der Waals surface area contributed by atoms with Gasteiger partial charge in [-0.15, -0.1) is 0 Å². The maximum absolute atomic E-state index is 13.3. The first-order valence-electron chi connectivity index (χ1n) is 11.9. The fraction of sp³-hybridized carbons (Fsp3) is 0.259. The largest absolute Gasteiger partial charge is 0.494 e. The number of carbonyl (C=O) groups excluding carboxylic acids is 1. The molecule has 1 aliphatic rings. The number of amides is 1. The summed E-state index contributed by atoms with van der Waals surface area (Å²) in [7, 11) is 0. The van der Waals surface area contributed by atoms with Crippen LogP contribution in [0.2, 0.25) is 0 Å². The predicted octanol–water partition coefficient (Wildman–Crippen LogP) is 3.75. The monoisotopic (exact) mass is 468 g/mol. The first-order chi connectivity index (χ1) is 17.2. The molecule has 0 N–H and O–H groups in total. The molecular weight excluding hydrogens is 440 g/mol. The lowest BCUT2D eigenvalue weighted by Gasteiger charge is -2.34. The molecule has 0 unspecified atom stereocenters. The van der Waals surface area contributed by atoms with Crippen molar-refractivity contribution in [3.63, 3.8) is 0 Å². The van der Waals surface area contributed by atoms with Crippen LogP contribution in [0.15, 0.2) is 79.3 Å². The van der Waals surface area contributed by atoms with Gasteiger partial charge in [0.15, 0.2) is 0 Å². The van der Waals surface area contributed by atoms with E-state index in [0.29, 0.717) is 38.7 Å². The molecule has 0 saturated carbocycles. The maximum Gasteiger partial charge on any atom is 0.242 e. The summed E-state index contributed by atoms with van der Waals surface area (Å²) >= 11 is 0. The molecule has 178 valence electrons. The number of hydrogen-bond acceptors (Lipinski definition) is 6. The fourth-order valence-electron chi connectivity index (χ4n) is 4.24. The molecule has 1 fully saturated rings. The Morgan fingerprint density at radius 3 is 2.29 bits per heavy atom. The highest BCUT2D eigenvalue weighted by molar-refractivity contribution is 5.78. The molecule has 1 aliphatic heterocycles. The van der Waals surface area contributed by atoms with Crippen molar-refractivity contribution >= 4 is 11.9 Å². The van der Waals surface area contributed by atoms with Crippen LogP contribution in [0.5, 0.6) is 5.75 Å². The van der Waals surface area contributed by atoms with E-state index in [1.807, 2.05) is 77.2 Å². The smallest absolute Gasteiger partial charge is 0.242 e. The minimum atomic E-state index is 0.0754. The van der Waals surface area contributed by atoms with Crippen LogP contribution in [0.4, 0.5) is 5.95 Å².